The number of hydrogen-bond donors (Lipinski definition) is 0. The predicted molar refractivity (Wildman–Crippen MR) is 136 cm³/mol. The molecule has 0 saturated carbocycles. The van der Waals surface area contributed by atoms with Crippen LogP contribution in [-0.4, -0.2) is 30.8 Å². The van der Waals surface area contributed by atoms with E-state index in [1.165, 1.54) is 18.2 Å². The Kier molecular flexibility index (Phi) is 9.21. The first-order chi connectivity index (χ1) is 17.2. The summed E-state index contributed by atoms with van der Waals surface area (Å²) in [6.45, 7) is 1.12. The van der Waals surface area contributed by atoms with Crippen molar-refractivity contribution in [3.8, 4) is 11.1 Å². The van der Waals surface area contributed by atoms with E-state index in [0.717, 1.165) is 24.0 Å². The summed E-state index contributed by atoms with van der Waals surface area (Å²) in [7, 11) is 1.42. The second-order valence-electron chi connectivity index (χ2n) is 8.78. The second kappa shape index (κ2) is 13.0. The molecule has 0 spiro atoms. The smallest absolute Gasteiger partial charge is 0.305 e. The quantitative estimate of drug-likeness (QED) is 0.242. The van der Waals surface area contributed by atoms with Gasteiger partial charge in [0.25, 0.3) is 0 Å². The van der Waals surface area contributed by atoms with Crippen LogP contribution in [0.2, 0.25) is 0 Å². The van der Waals surface area contributed by atoms with E-state index in [1.54, 1.807) is 6.20 Å². The van der Waals surface area contributed by atoms with Crippen molar-refractivity contribution in [3.63, 3.8) is 0 Å². The molecule has 5 nitrogen and oxygen atoms in total. The zero-order valence-corrected chi connectivity index (χ0v) is 20.2. The van der Waals surface area contributed by atoms with Crippen molar-refractivity contribution >= 4 is 5.97 Å². The minimum atomic E-state index is -0.180. The fraction of sp³-hybridized carbons (Fsp3) is 0.333. The molecule has 4 rings (SSSR count). The minimum Gasteiger partial charge on any atom is -0.469 e. The van der Waals surface area contributed by atoms with Crippen LogP contribution in [0, 0.1) is 5.92 Å². The largest absolute Gasteiger partial charge is 0.469 e. The Morgan fingerprint density at radius 2 is 1.77 bits per heavy atom. The van der Waals surface area contributed by atoms with Crippen LogP contribution in [0.4, 0.5) is 0 Å². The molecule has 1 fully saturated rings. The number of rotatable bonds is 11. The third-order valence-corrected chi connectivity index (χ3v) is 6.42. The average Bonchev–Trinajstić information content (AvgIpc) is 3.33. The molecule has 0 N–H and O–H groups in total. The zero-order chi connectivity index (χ0) is 24.3. The molecule has 1 aliphatic rings. The maximum absolute atomic E-state index is 11.3. The second-order valence-corrected chi connectivity index (χ2v) is 8.78. The first-order valence-electron chi connectivity index (χ1n) is 12.2. The Hall–Kier alpha value is -3.28. The van der Waals surface area contributed by atoms with Gasteiger partial charge in [-0.1, -0.05) is 72.8 Å². The first-order valence-corrected chi connectivity index (χ1v) is 12.2. The molecule has 3 unspecified atom stereocenters. The molecule has 3 aromatic rings. The van der Waals surface area contributed by atoms with Crippen molar-refractivity contribution < 1.29 is 19.0 Å². The molecule has 0 bridgehead atoms. The minimum absolute atomic E-state index is 0.0116. The molecule has 35 heavy (non-hydrogen) atoms. The van der Waals surface area contributed by atoms with Crippen molar-refractivity contribution in [2.45, 2.75) is 44.5 Å². The highest BCUT2D eigenvalue weighted by atomic mass is 16.6. The van der Waals surface area contributed by atoms with E-state index in [2.05, 4.69) is 71.7 Å². The van der Waals surface area contributed by atoms with E-state index < -0.39 is 0 Å². The molecule has 0 amide bonds. The Balaban J connectivity index is 1.35. The van der Waals surface area contributed by atoms with Gasteiger partial charge in [-0.3, -0.25) is 9.78 Å². The van der Waals surface area contributed by atoms with Gasteiger partial charge in [-0.05, 0) is 47.6 Å². The van der Waals surface area contributed by atoms with Gasteiger partial charge in [0.2, 0.25) is 0 Å². The monoisotopic (exact) mass is 471 g/mol. The summed E-state index contributed by atoms with van der Waals surface area (Å²) < 4.78 is 17.3. The van der Waals surface area contributed by atoms with Crippen LogP contribution in [0.15, 0.2) is 91.3 Å². The van der Waals surface area contributed by atoms with Gasteiger partial charge >= 0.3 is 5.97 Å². The molecule has 1 aromatic heterocycles. The number of esters is 1. The Morgan fingerprint density at radius 1 is 1.00 bits per heavy atom. The van der Waals surface area contributed by atoms with Crippen LogP contribution in [0.25, 0.3) is 11.1 Å². The number of ether oxygens (including phenoxy) is 3. The van der Waals surface area contributed by atoms with E-state index >= 15 is 0 Å². The molecular weight excluding hydrogens is 438 g/mol. The topological polar surface area (TPSA) is 57.7 Å². The van der Waals surface area contributed by atoms with Crippen LogP contribution in [-0.2, 0) is 25.6 Å². The number of aromatic nitrogens is 1. The van der Waals surface area contributed by atoms with Crippen LogP contribution >= 0.6 is 0 Å². The fourth-order valence-corrected chi connectivity index (χ4v) is 4.49. The molecule has 3 atom stereocenters. The van der Waals surface area contributed by atoms with E-state index in [1.807, 2.05) is 18.3 Å². The molecule has 182 valence electrons. The molecule has 1 saturated heterocycles. The molecule has 2 aromatic carbocycles. The number of carbonyl (C=O) groups is 1. The van der Waals surface area contributed by atoms with Gasteiger partial charge in [-0.15, -0.1) is 0 Å². The predicted octanol–water partition coefficient (Wildman–Crippen LogP) is 6.31. The summed E-state index contributed by atoms with van der Waals surface area (Å²) in [6, 6.07) is 23.0. The van der Waals surface area contributed by atoms with Crippen molar-refractivity contribution in [1.82, 2.24) is 4.98 Å². The number of hydrogen-bond acceptors (Lipinski definition) is 5. The van der Waals surface area contributed by atoms with E-state index in [0.29, 0.717) is 26.1 Å². The number of nitrogens with zero attached hydrogens (tertiary/aromatic N) is 1. The van der Waals surface area contributed by atoms with E-state index in [4.69, 9.17) is 14.2 Å². The number of carbonyl (C=O) groups excluding carboxylic acids is 1. The maximum Gasteiger partial charge on any atom is 0.305 e. The molecule has 5 heteroatoms. The van der Waals surface area contributed by atoms with Gasteiger partial charge in [-0.25, -0.2) is 0 Å². The third kappa shape index (κ3) is 7.10. The van der Waals surface area contributed by atoms with Crippen molar-refractivity contribution in [3.05, 3.63) is 102 Å². The molecular formula is C30H33NO4. The SMILES string of the molecule is COC(=O)CC/C=C\CCC1C(OCc2ccc(-c3ccccc3)cc2)COC1c1cccnc1. The normalized spacial score (nSPS) is 19.7. The lowest BCUT2D eigenvalue weighted by Crippen LogP contribution is -2.23. The number of benzene rings is 2. The third-order valence-electron chi connectivity index (χ3n) is 6.42. The molecule has 0 radical (unpaired) electrons. The van der Waals surface area contributed by atoms with Gasteiger partial charge in [0.15, 0.2) is 0 Å². The van der Waals surface area contributed by atoms with Crippen LogP contribution in [0.5, 0.6) is 0 Å². The zero-order valence-electron chi connectivity index (χ0n) is 20.2. The lowest BCUT2D eigenvalue weighted by Gasteiger charge is -2.23. The number of allylic oxidation sites excluding steroid dienone is 2. The van der Waals surface area contributed by atoms with Crippen molar-refractivity contribution in [2.24, 2.45) is 5.92 Å². The Bertz CT molecular complexity index is 1070. The summed E-state index contributed by atoms with van der Waals surface area (Å²) in [5.41, 5.74) is 4.65. The van der Waals surface area contributed by atoms with Crippen LogP contribution in [0.1, 0.15) is 42.9 Å². The van der Waals surface area contributed by atoms with Gasteiger partial charge in [-0.2, -0.15) is 0 Å². The summed E-state index contributed by atoms with van der Waals surface area (Å²) in [5.74, 6) is 0.0498. The Labute approximate surface area is 207 Å². The summed E-state index contributed by atoms with van der Waals surface area (Å²) >= 11 is 0. The van der Waals surface area contributed by atoms with Crippen molar-refractivity contribution in [2.75, 3.05) is 13.7 Å². The van der Waals surface area contributed by atoms with Gasteiger partial charge in [0.1, 0.15) is 0 Å². The highest BCUT2D eigenvalue weighted by Gasteiger charge is 2.38. The highest BCUT2D eigenvalue weighted by molar-refractivity contribution is 5.69. The Morgan fingerprint density at radius 3 is 2.51 bits per heavy atom. The molecule has 0 aliphatic carbocycles. The summed E-state index contributed by atoms with van der Waals surface area (Å²) in [4.78, 5) is 15.6. The fourth-order valence-electron chi connectivity index (χ4n) is 4.49. The first kappa shape index (κ1) is 24.8. The van der Waals surface area contributed by atoms with Gasteiger partial charge < -0.3 is 14.2 Å². The van der Waals surface area contributed by atoms with Crippen molar-refractivity contribution in [1.29, 1.82) is 0 Å². The molecule has 2 heterocycles. The van der Waals surface area contributed by atoms with E-state index in [9.17, 15) is 4.79 Å². The highest BCUT2D eigenvalue weighted by Crippen LogP contribution is 2.39. The van der Waals surface area contributed by atoms with E-state index in [-0.39, 0.29) is 24.1 Å². The molecule has 1 aliphatic heterocycles. The summed E-state index contributed by atoms with van der Waals surface area (Å²) in [6.07, 6.45) is 10.8. The number of methoxy groups -OCH3 is 1. The van der Waals surface area contributed by atoms with Gasteiger partial charge in [0, 0.05) is 24.7 Å². The maximum atomic E-state index is 11.3. The average molecular weight is 472 g/mol. The van der Waals surface area contributed by atoms with Gasteiger partial charge in [0.05, 0.1) is 32.5 Å². The lowest BCUT2D eigenvalue weighted by atomic mass is 9.90. The standard InChI is InChI=1S/C30H33NO4/c1-33-29(32)14-8-3-2-7-13-27-28(22-35-30(27)26-12-9-19-31-20-26)34-21-23-15-17-25(18-16-23)24-10-5-4-6-11-24/h2-6,9-12,15-20,27-28,30H,7-8,13-14,21-22H2,1H3/b3-2-. The van der Waals surface area contributed by atoms with Crippen LogP contribution < -0.4 is 0 Å². The summed E-state index contributed by atoms with van der Waals surface area (Å²) in [5, 5.41) is 0. The van der Waals surface area contributed by atoms with Crippen LogP contribution in [0.3, 0.4) is 0 Å². The lowest BCUT2D eigenvalue weighted by molar-refractivity contribution is -0.140. The number of pyridine rings is 1.